The Labute approximate surface area is 144 Å². The Balaban J connectivity index is 0.00000264. The molecular weight excluding hydrogens is 336 g/mol. The summed E-state index contributed by atoms with van der Waals surface area (Å²) in [6.45, 7) is 5.62. The first kappa shape index (κ1) is 19.9. The molecule has 0 saturated heterocycles. The van der Waals surface area contributed by atoms with Gasteiger partial charge in [0.1, 0.15) is 0 Å². The van der Waals surface area contributed by atoms with Gasteiger partial charge in [-0.25, -0.2) is 8.42 Å². The van der Waals surface area contributed by atoms with Crippen molar-refractivity contribution in [1.29, 1.82) is 0 Å². The molecule has 1 fully saturated rings. The van der Waals surface area contributed by atoms with E-state index in [1.807, 2.05) is 6.92 Å². The smallest absolute Gasteiger partial charge is 0.251 e. The molecule has 1 amide bonds. The van der Waals surface area contributed by atoms with Crippen molar-refractivity contribution in [2.45, 2.75) is 49.3 Å². The van der Waals surface area contributed by atoms with Crippen LogP contribution in [0.15, 0.2) is 29.2 Å². The first-order valence-corrected chi connectivity index (χ1v) is 9.12. The van der Waals surface area contributed by atoms with Gasteiger partial charge in [-0.3, -0.25) is 4.79 Å². The van der Waals surface area contributed by atoms with Gasteiger partial charge in [-0.15, -0.1) is 12.4 Å². The summed E-state index contributed by atoms with van der Waals surface area (Å²) in [5, 5.41) is 2.51. The highest BCUT2D eigenvalue weighted by Gasteiger charge is 2.41. The van der Waals surface area contributed by atoms with E-state index in [-0.39, 0.29) is 28.7 Å². The fraction of sp³-hybridized carbons (Fsp3) is 0.562. The zero-order valence-electron chi connectivity index (χ0n) is 13.7. The van der Waals surface area contributed by atoms with Crippen molar-refractivity contribution < 1.29 is 13.2 Å². The highest BCUT2D eigenvalue weighted by Crippen LogP contribution is 2.39. The number of halogens is 1. The van der Waals surface area contributed by atoms with Crippen LogP contribution in [0.3, 0.4) is 0 Å². The van der Waals surface area contributed by atoms with E-state index in [1.165, 1.54) is 12.1 Å². The molecule has 1 aliphatic rings. The van der Waals surface area contributed by atoms with E-state index in [4.69, 9.17) is 5.73 Å². The highest BCUT2D eigenvalue weighted by molar-refractivity contribution is 7.92. The van der Waals surface area contributed by atoms with Gasteiger partial charge in [0, 0.05) is 12.1 Å². The molecule has 0 aliphatic heterocycles. The lowest BCUT2D eigenvalue weighted by Crippen LogP contribution is -2.53. The van der Waals surface area contributed by atoms with Crippen LogP contribution in [-0.2, 0) is 9.84 Å². The summed E-state index contributed by atoms with van der Waals surface area (Å²) in [5.74, 6) is 0.218. The molecule has 1 saturated carbocycles. The van der Waals surface area contributed by atoms with Gasteiger partial charge in [0.05, 0.1) is 15.7 Å². The third-order valence-corrected chi connectivity index (χ3v) is 6.54. The first-order chi connectivity index (χ1) is 10.2. The summed E-state index contributed by atoms with van der Waals surface area (Å²) in [7, 11) is -3.31. The van der Waals surface area contributed by atoms with Crippen molar-refractivity contribution in [3.63, 3.8) is 0 Å². The topological polar surface area (TPSA) is 89.3 Å². The third kappa shape index (κ3) is 4.25. The Morgan fingerprint density at radius 2 is 1.83 bits per heavy atom. The molecular formula is C16H25ClN2O3S. The van der Waals surface area contributed by atoms with Crippen LogP contribution in [0.4, 0.5) is 0 Å². The van der Waals surface area contributed by atoms with E-state index >= 15 is 0 Å². The largest absolute Gasteiger partial charge is 0.345 e. The summed E-state index contributed by atoms with van der Waals surface area (Å²) in [6.07, 6.45) is 2.17. The molecule has 1 atom stereocenters. The molecule has 0 bridgehead atoms. The van der Waals surface area contributed by atoms with Crippen molar-refractivity contribution in [3.05, 3.63) is 29.8 Å². The number of benzene rings is 1. The average Bonchev–Trinajstić information content (AvgIpc) is 3.32. The number of rotatable bonds is 6. The molecule has 130 valence electrons. The molecule has 7 heteroatoms. The second kappa shape index (κ2) is 7.20. The third-order valence-electron chi connectivity index (χ3n) is 4.37. The van der Waals surface area contributed by atoms with Crippen LogP contribution in [0, 0.1) is 5.92 Å². The molecule has 3 N–H and O–H groups in total. The van der Waals surface area contributed by atoms with E-state index in [1.54, 1.807) is 26.0 Å². The van der Waals surface area contributed by atoms with Crippen LogP contribution in [-0.4, -0.2) is 31.7 Å². The molecule has 2 rings (SSSR count). The fourth-order valence-corrected chi connectivity index (χ4v) is 3.50. The number of hydrogen-bond acceptors (Lipinski definition) is 4. The SMILES string of the molecule is CC(C)S(=O)(=O)c1ccc(C(=O)NC(C)(CN)C2CC2)cc1.Cl. The van der Waals surface area contributed by atoms with Crippen LogP contribution in [0.1, 0.15) is 44.0 Å². The lowest BCUT2D eigenvalue weighted by molar-refractivity contribution is 0.0897. The van der Waals surface area contributed by atoms with Gasteiger partial charge in [-0.2, -0.15) is 0 Å². The highest BCUT2D eigenvalue weighted by atomic mass is 35.5. The van der Waals surface area contributed by atoms with Crippen molar-refractivity contribution in [3.8, 4) is 0 Å². The predicted molar refractivity (Wildman–Crippen MR) is 93.7 cm³/mol. The Morgan fingerprint density at radius 1 is 1.30 bits per heavy atom. The normalized spacial score (nSPS) is 17.3. The standard InChI is InChI=1S/C16H24N2O3S.ClH/c1-11(2)22(20,21)14-8-4-12(5-9-14)15(19)18-16(3,10-17)13-6-7-13;/h4-5,8-9,11,13H,6-7,10,17H2,1-3H3,(H,18,19);1H. The molecule has 1 aromatic rings. The maximum absolute atomic E-state index is 12.3. The van der Waals surface area contributed by atoms with Crippen LogP contribution in [0.5, 0.6) is 0 Å². The zero-order valence-corrected chi connectivity index (χ0v) is 15.3. The molecule has 1 aromatic carbocycles. The Hall–Kier alpha value is -1.11. The molecule has 0 radical (unpaired) electrons. The summed E-state index contributed by atoms with van der Waals surface area (Å²) in [6, 6.07) is 6.07. The minimum atomic E-state index is -3.31. The Bertz CT molecular complexity index is 654. The van der Waals surface area contributed by atoms with Crippen LogP contribution < -0.4 is 11.1 Å². The van der Waals surface area contributed by atoms with Gasteiger partial charge >= 0.3 is 0 Å². The van der Waals surface area contributed by atoms with Gasteiger partial charge in [0.2, 0.25) is 0 Å². The van der Waals surface area contributed by atoms with E-state index < -0.39 is 15.1 Å². The number of nitrogens with two attached hydrogens (primary N) is 1. The number of amides is 1. The molecule has 0 heterocycles. The van der Waals surface area contributed by atoms with Crippen molar-refractivity contribution in [1.82, 2.24) is 5.32 Å². The molecule has 0 spiro atoms. The molecule has 23 heavy (non-hydrogen) atoms. The fourth-order valence-electron chi connectivity index (χ4n) is 2.44. The van der Waals surface area contributed by atoms with Crippen LogP contribution >= 0.6 is 12.4 Å². The minimum Gasteiger partial charge on any atom is -0.345 e. The van der Waals surface area contributed by atoms with Gasteiger partial charge in [-0.1, -0.05) is 0 Å². The second-order valence-electron chi connectivity index (χ2n) is 6.47. The molecule has 1 aliphatic carbocycles. The van der Waals surface area contributed by atoms with E-state index in [0.29, 0.717) is 18.0 Å². The summed E-state index contributed by atoms with van der Waals surface area (Å²) < 4.78 is 24.1. The van der Waals surface area contributed by atoms with Crippen molar-refractivity contribution in [2.24, 2.45) is 11.7 Å². The molecule has 1 unspecified atom stereocenters. The molecule has 5 nitrogen and oxygen atoms in total. The summed E-state index contributed by atoms with van der Waals surface area (Å²) >= 11 is 0. The van der Waals surface area contributed by atoms with E-state index in [0.717, 1.165) is 12.8 Å². The molecule has 0 aromatic heterocycles. The van der Waals surface area contributed by atoms with E-state index in [9.17, 15) is 13.2 Å². The lowest BCUT2D eigenvalue weighted by atomic mass is 9.95. The van der Waals surface area contributed by atoms with Crippen LogP contribution in [0.25, 0.3) is 0 Å². The van der Waals surface area contributed by atoms with Gasteiger partial charge in [0.15, 0.2) is 9.84 Å². The van der Waals surface area contributed by atoms with Crippen LogP contribution in [0.2, 0.25) is 0 Å². The second-order valence-corrected chi connectivity index (χ2v) is 8.97. The summed E-state index contributed by atoms with van der Waals surface area (Å²) in [5.41, 5.74) is 5.85. The number of carbonyl (C=O) groups excluding carboxylic acids is 1. The zero-order chi connectivity index (χ0) is 16.5. The monoisotopic (exact) mass is 360 g/mol. The van der Waals surface area contributed by atoms with Gasteiger partial charge < -0.3 is 11.1 Å². The van der Waals surface area contributed by atoms with Gasteiger partial charge in [-0.05, 0) is 63.8 Å². The van der Waals surface area contributed by atoms with Gasteiger partial charge in [0.25, 0.3) is 5.91 Å². The minimum absolute atomic E-state index is 0. The average molecular weight is 361 g/mol. The van der Waals surface area contributed by atoms with Crippen molar-refractivity contribution >= 4 is 28.2 Å². The first-order valence-electron chi connectivity index (χ1n) is 7.57. The lowest BCUT2D eigenvalue weighted by Gasteiger charge is -2.29. The van der Waals surface area contributed by atoms with Crippen molar-refractivity contribution in [2.75, 3.05) is 6.54 Å². The summed E-state index contributed by atoms with van der Waals surface area (Å²) in [4.78, 5) is 12.6. The Morgan fingerprint density at radius 3 is 2.22 bits per heavy atom. The van der Waals surface area contributed by atoms with E-state index in [2.05, 4.69) is 5.32 Å². The maximum Gasteiger partial charge on any atom is 0.251 e. The predicted octanol–water partition coefficient (Wildman–Crippen LogP) is 2.15. The number of nitrogens with one attached hydrogen (secondary N) is 1. The quantitative estimate of drug-likeness (QED) is 0.813. The number of sulfone groups is 1. The number of hydrogen-bond donors (Lipinski definition) is 2. The maximum atomic E-state index is 12.3. The Kier molecular flexibility index (Phi) is 6.24. The number of carbonyl (C=O) groups is 1.